The van der Waals surface area contributed by atoms with E-state index in [9.17, 15) is 15.3 Å². The fourth-order valence-electron chi connectivity index (χ4n) is 4.04. The van der Waals surface area contributed by atoms with Crippen molar-refractivity contribution in [2.45, 2.75) is 63.1 Å². The maximum absolute atomic E-state index is 10.2. The summed E-state index contributed by atoms with van der Waals surface area (Å²) in [5.74, 6) is 0.389. The molecule has 122 valence electrons. The molecule has 0 radical (unpaired) electrons. The second-order valence-electron chi connectivity index (χ2n) is 6.75. The molecule has 1 unspecified atom stereocenters. The zero-order valence-electron chi connectivity index (χ0n) is 12.8. The van der Waals surface area contributed by atoms with Crippen LogP contribution in [-0.4, -0.2) is 39.9 Å². The molecule has 6 atom stereocenters. The number of hydrogen-bond acceptors (Lipinski definition) is 4. The number of aliphatic hydroxyl groups is 3. The number of fused-ring (bicyclic) bond motifs is 1. The molecule has 0 aromatic heterocycles. The quantitative estimate of drug-likeness (QED) is 0.750. The SMILES string of the molecule is OC1C[C@H]2[C@@H](CC[C@@H](O)CCc3ccccc3)[C@H](O)C[C@H]2O1. The minimum Gasteiger partial charge on any atom is -0.393 e. The summed E-state index contributed by atoms with van der Waals surface area (Å²) in [6.45, 7) is 0. The third-order valence-corrected chi connectivity index (χ3v) is 5.24. The van der Waals surface area contributed by atoms with E-state index in [0.717, 1.165) is 19.3 Å². The van der Waals surface area contributed by atoms with Crippen molar-refractivity contribution in [1.29, 1.82) is 0 Å². The van der Waals surface area contributed by atoms with Crippen molar-refractivity contribution in [3.63, 3.8) is 0 Å². The molecule has 1 heterocycles. The lowest BCUT2D eigenvalue weighted by molar-refractivity contribution is -0.0951. The molecule has 1 aliphatic carbocycles. The van der Waals surface area contributed by atoms with Crippen molar-refractivity contribution in [1.82, 2.24) is 0 Å². The first-order valence-corrected chi connectivity index (χ1v) is 8.37. The Labute approximate surface area is 131 Å². The van der Waals surface area contributed by atoms with Gasteiger partial charge in [0.2, 0.25) is 0 Å². The lowest BCUT2D eigenvalue weighted by Crippen LogP contribution is -2.22. The number of aliphatic hydroxyl groups excluding tert-OH is 3. The van der Waals surface area contributed by atoms with E-state index < -0.39 is 6.29 Å². The predicted octanol–water partition coefficient (Wildman–Crippen LogP) is 1.86. The van der Waals surface area contributed by atoms with Crippen LogP contribution in [0.25, 0.3) is 0 Å². The molecular formula is C18H26O4. The number of aryl methyl sites for hydroxylation is 1. The molecular weight excluding hydrogens is 280 g/mol. The van der Waals surface area contributed by atoms with E-state index in [1.54, 1.807) is 0 Å². The Kier molecular flexibility index (Phi) is 5.14. The topological polar surface area (TPSA) is 69.9 Å². The van der Waals surface area contributed by atoms with Crippen molar-refractivity contribution >= 4 is 0 Å². The summed E-state index contributed by atoms with van der Waals surface area (Å²) in [5, 5.41) is 29.9. The van der Waals surface area contributed by atoms with Crippen LogP contribution in [0.1, 0.15) is 37.7 Å². The average Bonchev–Trinajstić information content (AvgIpc) is 2.99. The zero-order valence-corrected chi connectivity index (χ0v) is 12.8. The van der Waals surface area contributed by atoms with Gasteiger partial charge in [0.25, 0.3) is 0 Å². The summed E-state index contributed by atoms with van der Waals surface area (Å²) < 4.78 is 5.43. The van der Waals surface area contributed by atoms with Gasteiger partial charge in [0.05, 0.1) is 18.3 Å². The highest BCUT2D eigenvalue weighted by Crippen LogP contribution is 2.44. The number of benzene rings is 1. The summed E-state index contributed by atoms with van der Waals surface area (Å²) in [6.07, 6.45) is 3.00. The maximum atomic E-state index is 10.2. The molecule has 2 fully saturated rings. The molecule has 1 saturated heterocycles. The van der Waals surface area contributed by atoms with Gasteiger partial charge in [0.15, 0.2) is 6.29 Å². The largest absolute Gasteiger partial charge is 0.393 e. The van der Waals surface area contributed by atoms with Gasteiger partial charge in [-0.1, -0.05) is 30.3 Å². The minimum absolute atomic E-state index is 0.00328. The molecule has 1 aromatic rings. The maximum Gasteiger partial charge on any atom is 0.155 e. The first kappa shape index (κ1) is 15.9. The van der Waals surface area contributed by atoms with Gasteiger partial charge in [-0.05, 0) is 43.1 Å². The number of hydrogen-bond donors (Lipinski definition) is 3. The molecule has 3 rings (SSSR count). The first-order valence-electron chi connectivity index (χ1n) is 8.37. The summed E-state index contributed by atoms with van der Waals surface area (Å²) in [5.41, 5.74) is 1.25. The Morgan fingerprint density at radius 3 is 2.64 bits per heavy atom. The second-order valence-corrected chi connectivity index (χ2v) is 6.75. The van der Waals surface area contributed by atoms with Crippen molar-refractivity contribution in [3.8, 4) is 0 Å². The Hall–Kier alpha value is -0.940. The second kappa shape index (κ2) is 7.09. The Morgan fingerprint density at radius 1 is 1.09 bits per heavy atom. The number of rotatable bonds is 6. The fourth-order valence-corrected chi connectivity index (χ4v) is 4.04. The van der Waals surface area contributed by atoms with Gasteiger partial charge in [-0.2, -0.15) is 0 Å². The van der Waals surface area contributed by atoms with Crippen LogP contribution in [0, 0.1) is 11.8 Å². The van der Waals surface area contributed by atoms with E-state index in [1.165, 1.54) is 5.56 Å². The zero-order chi connectivity index (χ0) is 15.5. The molecule has 22 heavy (non-hydrogen) atoms. The molecule has 0 bridgehead atoms. The lowest BCUT2D eigenvalue weighted by Gasteiger charge is -2.21. The smallest absolute Gasteiger partial charge is 0.155 e. The molecule has 0 spiro atoms. The van der Waals surface area contributed by atoms with Crippen molar-refractivity contribution in [2.24, 2.45) is 11.8 Å². The predicted molar refractivity (Wildman–Crippen MR) is 83.1 cm³/mol. The standard InChI is InChI=1S/C18H26O4/c19-13(7-6-12-4-2-1-3-5-12)8-9-14-15-10-18(21)22-17(15)11-16(14)20/h1-5,13-21H,6-11H2/t13-,14+,15-,16+,17+,18?/m0/s1. The van der Waals surface area contributed by atoms with Crippen molar-refractivity contribution < 1.29 is 20.1 Å². The highest BCUT2D eigenvalue weighted by molar-refractivity contribution is 5.14. The molecule has 1 aliphatic heterocycles. The van der Waals surface area contributed by atoms with E-state index in [1.807, 2.05) is 18.2 Å². The normalized spacial score (nSPS) is 35.5. The Bertz CT molecular complexity index is 463. The van der Waals surface area contributed by atoms with Crippen LogP contribution in [0.15, 0.2) is 30.3 Å². The Morgan fingerprint density at radius 2 is 1.86 bits per heavy atom. The van der Waals surface area contributed by atoms with Crippen LogP contribution in [-0.2, 0) is 11.2 Å². The van der Waals surface area contributed by atoms with Gasteiger partial charge in [-0.15, -0.1) is 0 Å². The van der Waals surface area contributed by atoms with Crippen molar-refractivity contribution in [2.75, 3.05) is 0 Å². The van der Waals surface area contributed by atoms with Crippen molar-refractivity contribution in [3.05, 3.63) is 35.9 Å². The summed E-state index contributed by atoms with van der Waals surface area (Å²) in [7, 11) is 0. The van der Waals surface area contributed by atoms with Crippen LogP contribution in [0.5, 0.6) is 0 Å². The van der Waals surface area contributed by atoms with Gasteiger partial charge in [-0.3, -0.25) is 0 Å². The summed E-state index contributed by atoms with van der Waals surface area (Å²) >= 11 is 0. The van der Waals surface area contributed by atoms with Gasteiger partial charge >= 0.3 is 0 Å². The highest BCUT2D eigenvalue weighted by Gasteiger charge is 2.48. The van der Waals surface area contributed by atoms with Gasteiger partial charge < -0.3 is 20.1 Å². The first-order chi connectivity index (χ1) is 10.6. The average molecular weight is 306 g/mol. The van der Waals surface area contributed by atoms with Crippen LogP contribution >= 0.6 is 0 Å². The van der Waals surface area contributed by atoms with E-state index in [-0.39, 0.29) is 30.1 Å². The minimum atomic E-state index is -0.673. The molecule has 0 amide bonds. The van der Waals surface area contributed by atoms with Crippen LogP contribution < -0.4 is 0 Å². The molecule has 3 N–H and O–H groups in total. The van der Waals surface area contributed by atoms with Crippen LogP contribution in [0.3, 0.4) is 0 Å². The third kappa shape index (κ3) is 3.69. The van der Waals surface area contributed by atoms with Gasteiger partial charge in [0, 0.05) is 12.8 Å². The van der Waals surface area contributed by atoms with Crippen LogP contribution in [0.2, 0.25) is 0 Å². The summed E-state index contributed by atoms with van der Waals surface area (Å²) in [4.78, 5) is 0. The Balaban J connectivity index is 1.43. The van der Waals surface area contributed by atoms with E-state index in [2.05, 4.69) is 12.1 Å². The molecule has 1 aromatic carbocycles. The number of ether oxygens (including phenoxy) is 1. The van der Waals surface area contributed by atoms with Gasteiger partial charge in [0.1, 0.15) is 0 Å². The monoisotopic (exact) mass is 306 g/mol. The van der Waals surface area contributed by atoms with E-state index >= 15 is 0 Å². The van der Waals surface area contributed by atoms with E-state index in [0.29, 0.717) is 19.3 Å². The fraction of sp³-hybridized carbons (Fsp3) is 0.667. The molecule has 1 saturated carbocycles. The lowest BCUT2D eigenvalue weighted by atomic mass is 9.86. The summed E-state index contributed by atoms with van der Waals surface area (Å²) in [6, 6.07) is 10.2. The third-order valence-electron chi connectivity index (χ3n) is 5.24. The van der Waals surface area contributed by atoms with E-state index in [4.69, 9.17) is 4.74 Å². The van der Waals surface area contributed by atoms with Gasteiger partial charge in [-0.25, -0.2) is 0 Å². The molecule has 4 nitrogen and oxygen atoms in total. The highest BCUT2D eigenvalue weighted by atomic mass is 16.6. The molecule has 2 aliphatic rings. The molecule has 4 heteroatoms. The van der Waals surface area contributed by atoms with Crippen LogP contribution in [0.4, 0.5) is 0 Å².